The van der Waals surface area contributed by atoms with E-state index in [1.807, 2.05) is 37.0 Å². The lowest BCUT2D eigenvalue weighted by atomic mass is 10.0. The Morgan fingerprint density at radius 2 is 2.16 bits per heavy atom. The molecule has 1 aromatic carbocycles. The van der Waals surface area contributed by atoms with E-state index in [0.717, 1.165) is 29.8 Å². The van der Waals surface area contributed by atoms with Crippen molar-refractivity contribution in [3.8, 4) is 11.1 Å². The first kappa shape index (κ1) is 13.7. The maximum atomic E-state index is 13.6. The zero-order valence-corrected chi connectivity index (χ0v) is 11.7. The second-order valence-electron chi connectivity index (χ2n) is 4.73. The van der Waals surface area contributed by atoms with Crippen LogP contribution in [0.3, 0.4) is 0 Å². The van der Waals surface area contributed by atoms with Crippen molar-refractivity contribution < 1.29 is 4.39 Å². The van der Waals surface area contributed by atoms with E-state index in [-0.39, 0.29) is 5.82 Å². The van der Waals surface area contributed by atoms with Gasteiger partial charge in [-0.25, -0.2) is 4.39 Å². The van der Waals surface area contributed by atoms with Crippen molar-refractivity contribution in [2.24, 2.45) is 0 Å². The summed E-state index contributed by atoms with van der Waals surface area (Å²) in [4.78, 5) is 0. The van der Waals surface area contributed by atoms with Gasteiger partial charge in [-0.05, 0) is 38.1 Å². The quantitative estimate of drug-likeness (QED) is 0.896. The van der Waals surface area contributed by atoms with Crippen molar-refractivity contribution in [1.82, 2.24) is 15.1 Å². The van der Waals surface area contributed by atoms with E-state index in [1.165, 1.54) is 6.07 Å². The van der Waals surface area contributed by atoms with Crippen LogP contribution in [0, 0.1) is 12.7 Å². The predicted molar refractivity (Wildman–Crippen MR) is 75.4 cm³/mol. The van der Waals surface area contributed by atoms with Crippen LogP contribution in [0.4, 0.5) is 4.39 Å². The van der Waals surface area contributed by atoms with Crippen molar-refractivity contribution in [3.05, 3.63) is 41.5 Å². The first-order valence-corrected chi connectivity index (χ1v) is 6.63. The van der Waals surface area contributed by atoms with E-state index >= 15 is 0 Å². The van der Waals surface area contributed by atoms with E-state index in [9.17, 15) is 4.39 Å². The van der Waals surface area contributed by atoms with E-state index in [1.54, 1.807) is 0 Å². The van der Waals surface area contributed by atoms with Crippen LogP contribution in [0.2, 0.25) is 0 Å². The molecule has 2 aromatic rings. The molecule has 0 saturated heterocycles. The molecular weight excluding hydrogens is 241 g/mol. The lowest BCUT2D eigenvalue weighted by Crippen LogP contribution is -2.07. The molecule has 1 N–H and O–H groups in total. The highest BCUT2D eigenvalue weighted by Crippen LogP contribution is 2.25. The number of rotatable bonds is 5. The van der Waals surface area contributed by atoms with Crippen LogP contribution in [0.1, 0.15) is 24.6 Å². The van der Waals surface area contributed by atoms with E-state index in [0.29, 0.717) is 12.1 Å². The summed E-state index contributed by atoms with van der Waals surface area (Å²) in [6.07, 6.45) is 3.09. The van der Waals surface area contributed by atoms with Gasteiger partial charge in [-0.1, -0.05) is 13.0 Å². The Morgan fingerprint density at radius 3 is 2.84 bits per heavy atom. The van der Waals surface area contributed by atoms with Crippen molar-refractivity contribution in [2.75, 3.05) is 7.05 Å². The van der Waals surface area contributed by atoms with Crippen LogP contribution in [-0.2, 0) is 13.1 Å². The summed E-state index contributed by atoms with van der Waals surface area (Å²) in [6, 6.07) is 5.24. The topological polar surface area (TPSA) is 29.9 Å². The number of nitrogens with zero attached hydrogens (tertiary/aromatic N) is 2. The molecular formula is C15H20FN3. The summed E-state index contributed by atoms with van der Waals surface area (Å²) in [6.45, 7) is 5.55. The monoisotopic (exact) mass is 261 g/mol. The van der Waals surface area contributed by atoms with Crippen molar-refractivity contribution in [3.63, 3.8) is 0 Å². The van der Waals surface area contributed by atoms with Gasteiger partial charge < -0.3 is 5.32 Å². The van der Waals surface area contributed by atoms with Crippen molar-refractivity contribution in [1.29, 1.82) is 0 Å². The SMILES string of the molecule is CCCn1cc(-c2ccc(F)c(CNC)c2)c(C)n1. The molecule has 0 unspecified atom stereocenters. The Bertz CT molecular complexity index is 561. The number of halogens is 1. The summed E-state index contributed by atoms with van der Waals surface area (Å²) < 4.78 is 15.6. The Morgan fingerprint density at radius 1 is 1.37 bits per heavy atom. The highest BCUT2D eigenvalue weighted by Gasteiger charge is 2.10. The fraction of sp³-hybridized carbons (Fsp3) is 0.400. The Balaban J connectivity index is 2.38. The molecule has 0 fully saturated rings. The van der Waals surface area contributed by atoms with Crippen molar-refractivity contribution >= 4 is 0 Å². The second-order valence-corrected chi connectivity index (χ2v) is 4.73. The molecule has 0 aliphatic carbocycles. The van der Waals surface area contributed by atoms with Gasteiger partial charge in [0.25, 0.3) is 0 Å². The number of aryl methyl sites for hydroxylation is 2. The standard InChI is InChI=1S/C15H20FN3/c1-4-7-19-10-14(11(2)18-19)12-5-6-15(16)13(8-12)9-17-3/h5-6,8,10,17H,4,7,9H2,1-3H3. The molecule has 0 aliphatic rings. The zero-order valence-electron chi connectivity index (χ0n) is 11.7. The minimum Gasteiger partial charge on any atom is -0.316 e. The predicted octanol–water partition coefficient (Wildman–Crippen LogP) is 3.13. The summed E-state index contributed by atoms with van der Waals surface area (Å²) in [5.74, 6) is -0.170. The smallest absolute Gasteiger partial charge is 0.127 e. The second kappa shape index (κ2) is 5.97. The zero-order chi connectivity index (χ0) is 13.8. The van der Waals surface area contributed by atoms with Gasteiger partial charge in [0, 0.05) is 30.4 Å². The number of hydrogen-bond acceptors (Lipinski definition) is 2. The molecule has 0 amide bonds. The van der Waals surface area contributed by atoms with E-state index in [4.69, 9.17) is 0 Å². The molecule has 1 heterocycles. The molecule has 102 valence electrons. The van der Waals surface area contributed by atoms with Gasteiger partial charge >= 0.3 is 0 Å². The molecule has 0 atom stereocenters. The Kier molecular flexibility index (Phi) is 4.32. The molecule has 2 rings (SSSR count). The third-order valence-corrected chi connectivity index (χ3v) is 3.12. The molecule has 19 heavy (non-hydrogen) atoms. The Labute approximate surface area is 113 Å². The summed E-state index contributed by atoms with van der Waals surface area (Å²) in [5.41, 5.74) is 3.76. The van der Waals surface area contributed by atoms with Crippen LogP contribution >= 0.6 is 0 Å². The largest absolute Gasteiger partial charge is 0.316 e. The van der Waals surface area contributed by atoms with Crippen LogP contribution in [-0.4, -0.2) is 16.8 Å². The molecule has 0 spiro atoms. The fourth-order valence-electron chi connectivity index (χ4n) is 2.21. The maximum absolute atomic E-state index is 13.6. The molecule has 0 saturated carbocycles. The van der Waals surface area contributed by atoms with Gasteiger partial charge in [-0.3, -0.25) is 4.68 Å². The third-order valence-electron chi connectivity index (χ3n) is 3.12. The first-order chi connectivity index (χ1) is 9.15. The minimum absolute atomic E-state index is 0.170. The van der Waals surface area contributed by atoms with Crippen LogP contribution in [0.5, 0.6) is 0 Å². The molecule has 0 bridgehead atoms. The van der Waals surface area contributed by atoms with Crippen LogP contribution < -0.4 is 5.32 Å². The van der Waals surface area contributed by atoms with Gasteiger partial charge in [-0.2, -0.15) is 5.10 Å². The van der Waals surface area contributed by atoms with Crippen LogP contribution in [0.15, 0.2) is 24.4 Å². The van der Waals surface area contributed by atoms with E-state index < -0.39 is 0 Å². The average molecular weight is 261 g/mol. The average Bonchev–Trinajstić information content (AvgIpc) is 2.74. The van der Waals surface area contributed by atoms with Gasteiger partial charge in [0.05, 0.1) is 5.69 Å². The normalized spacial score (nSPS) is 10.9. The molecule has 0 aliphatic heterocycles. The Hall–Kier alpha value is -1.68. The van der Waals surface area contributed by atoms with Gasteiger partial charge in [0.2, 0.25) is 0 Å². The molecule has 0 radical (unpaired) electrons. The van der Waals surface area contributed by atoms with Gasteiger partial charge in [0.15, 0.2) is 0 Å². The number of aromatic nitrogens is 2. The van der Waals surface area contributed by atoms with Crippen molar-refractivity contribution in [2.45, 2.75) is 33.4 Å². The fourth-order valence-corrected chi connectivity index (χ4v) is 2.21. The highest BCUT2D eigenvalue weighted by molar-refractivity contribution is 5.65. The lowest BCUT2D eigenvalue weighted by Gasteiger charge is -2.05. The van der Waals surface area contributed by atoms with Gasteiger partial charge in [-0.15, -0.1) is 0 Å². The van der Waals surface area contributed by atoms with Crippen LogP contribution in [0.25, 0.3) is 11.1 Å². The maximum Gasteiger partial charge on any atom is 0.127 e. The van der Waals surface area contributed by atoms with E-state index in [2.05, 4.69) is 17.3 Å². The number of hydrogen-bond donors (Lipinski definition) is 1. The third kappa shape index (κ3) is 3.01. The minimum atomic E-state index is -0.170. The number of nitrogens with one attached hydrogen (secondary N) is 1. The molecule has 3 nitrogen and oxygen atoms in total. The summed E-state index contributed by atoms with van der Waals surface area (Å²) in [5, 5.41) is 7.46. The first-order valence-electron chi connectivity index (χ1n) is 6.63. The lowest BCUT2D eigenvalue weighted by molar-refractivity contribution is 0.598. The highest BCUT2D eigenvalue weighted by atomic mass is 19.1. The summed E-state index contributed by atoms with van der Waals surface area (Å²) in [7, 11) is 1.82. The van der Waals surface area contributed by atoms with Gasteiger partial charge in [0.1, 0.15) is 5.82 Å². The summed E-state index contributed by atoms with van der Waals surface area (Å²) >= 11 is 0. The number of benzene rings is 1. The molecule has 4 heteroatoms. The molecule has 1 aromatic heterocycles.